The number of hydrogen-bond donors (Lipinski definition) is 6. The van der Waals surface area contributed by atoms with Gasteiger partial charge in [-0.3, -0.25) is 4.79 Å². The molecule has 0 aliphatic carbocycles. The highest BCUT2D eigenvalue weighted by atomic mass is 16.6. The molecule has 0 radical (unpaired) electrons. The van der Waals surface area contributed by atoms with Gasteiger partial charge < -0.3 is 40.5 Å². The zero-order valence-corrected chi connectivity index (χ0v) is 18.4. The van der Waals surface area contributed by atoms with Gasteiger partial charge in [-0.2, -0.15) is 0 Å². The van der Waals surface area contributed by atoms with Crippen molar-refractivity contribution in [3.8, 4) is 0 Å². The van der Waals surface area contributed by atoms with Crippen molar-refractivity contribution in [2.45, 2.75) is 63.9 Å². The van der Waals surface area contributed by atoms with E-state index in [0.717, 1.165) is 5.56 Å². The molecule has 1 aliphatic rings. The molecule has 1 saturated heterocycles. The Kier molecular flexibility index (Phi) is 10.3. The topological polar surface area (TPSA) is 158 Å². The lowest BCUT2D eigenvalue weighted by atomic mass is 9.92. The van der Waals surface area contributed by atoms with E-state index in [1.54, 1.807) is 0 Å². The van der Waals surface area contributed by atoms with Crippen LogP contribution in [0.15, 0.2) is 30.3 Å². The molecule has 1 heterocycles. The quantitative estimate of drug-likeness (QED) is 0.286. The average molecular weight is 455 g/mol. The number of benzene rings is 1. The number of carbonyl (C=O) groups excluding carboxylic acids is 2. The molecule has 10 nitrogen and oxygen atoms in total. The number of nitrogens with one attached hydrogen (secondary N) is 2. The van der Waals surface area contributed by atoms with Gasteiger partial charge in [-0.05, 0) is 23.8 Å². The Morgan fingerprint density at radius 2 is 1.81 bits per heavy atom. The number of aliphatic hydroxyl groups excluding tert-OH is 4. The van der Waals surface area contributed by atoms with Crippen LogP contribution in [0, 0.1) is 11.8 Å². The van der Waals surface area contributed by atoms with E-state index in [4.69, 9.17) is 14.6 Å². The Hall–Kier alpha value is -2.24. The largest absolute Gasteiger partial charge is 0.445 e. The van der Waals surface area contributed by atoms with E-state index in [-0.39, 0.29) is 31.4 Å². The van der Waals surface area contributed by atoms with Gasteiger partial charge in [-0.25, -0.2) is 4.79 Å². The maximum atomic E-state index is 12.5. The zero-order chi connectivity index (χ0) is 23.7. The second kappa shape index (κ2) is 12.7. The number of hydrogen-bond acceptors (Lipinski definition) is 8. The predicted molar refractivity (Wildman–Crippen MR) is 114 cm³/mol. The predicted octanol–water partition coefficient (Wildman–Crippen LogP) is -0.119. The first-order valence-corrected chi connectivity index (χ1v) is 10.8. The summed E-state index contributed by atoms with van der Waals surface area (Å²) in [5.74, 6) is -0.430. The van der Waals surface area contributed by atoms with Crippen LogP contribution in [-0.2, 0) is 20.9 Å². The highest BCUT2D eigenvalue weighted by Gasteiger charge is 2.44. The lowest BCUT2D eigenvalue weighted by Crippen LogP contribution is -2.64. The molecule has 2 amide bonds. The van der Waals surface area contributed by atoms with Crippen LogP contribution in [0.1, 0.15) is 32.3 Å². The summed E-state index contributed by atoms with van der Waals surface area (Å²) in [6.45, 7) is 3.74. The van der Waals surface area contributed by atoms with Crippen LogP contribution in [0.25, 0.3) is 0 Å². The fourth-order valence-corrected chi connectivity index (χ4v) is 3.67. The molecule has 1 aromatic rings. The van der Waals surface area contributed by atoms with E-state index < -0.39 is 49.3 Å². The Bertz CT molecular complexity index is 717. The highest BCUT2D eigenvalue weighted by Crippen LogP contribution is 2.21. The molecule has 0 saturated carbocycles. The molecular weight excluding hydrogens is 420 g/mol. The lowest BCUT2D eigenvalue weighted by Gasteiger charge is -2.40. The molecule has 0 unspecified atom stereocenters. The van der Waals surface area contributed by atoms with Crippen LogP contribution >= 0.6 is 0 Å². The van der Waals surface area contributed by atoms with Crippen molar-refractivity contribution in [3.05, 3.63) is 35.9 Å². The minimum atomic E-state index is -1.58. The molecule has 10 heteroatoms. The normalized spacial score (nSPS) is 26.4. The molecule has 1 aliphatic heterocycles. The molecule has 2 rings (SSSR count). The maximum absolute atomic E-state index is 12.5. The molecule has 6 atom stereocenters. The van der Waals surface area contributed by atoms with Gasteiger partial charge in [0.1, 0.15) is 31.0 Å². The summed E-state index contributed by atoms with van der Waals surface area (Å²) in [7, 11) is 0. The van der Waals surface area contributed by atoms with E-state index in [0.29, 0.717) is 6.42 Å². The van der Waals surface area contributed by atoms with Crippen molar-refractivity contribution in [2.24, 2.45) is 11.8 Å². The summed E-state index contributed by atoms with van der Waals surface area (Å²) in [6.07, 6.45) is -5.61. The van der Waals surface area contributed by atoms with Crippen LogP contribution in [0.2, 0.25) is 0 Å². The van der Waals surface area contributed by atoms with Gasteiger partial charge >= 0.3 is 6.09 Å². The SMILES string of the molecule is CC(C)C[C@H](CNC(=O)OCc1ccccc1)CC(=O)N[C@@H]1[C@@H](O)[C@H](O)[C@@H](CO)O[C@@H]1O. The fraction of sp³-hybridized carbons (Fsp3) is 0.636. The van der Waals surface area contributed by atoms with Gasteiger partial charge in [0, 0.05) is 13.0 Å². The summed E-state index contributed by atoms with van der Waals surface area (Å²) in [5, 5.41) is 44.5. The van der Waals surface area contributed by atoms with E-state index in [2.05, 4.69) is 10.6 Å². The molecule has 0 bridgehead atoms. The summed E-state index contributed by atoms with van der Waals surface area (Å²) in [5.41, 5.74) is 0.859. The first kappa shape index (κ1) is 26.0. The third kappa shape index (κ3) is 8.03. The van der Waals surface area contributed by atoms with Gasteiger partial charge in [0.2, 0.25) is 5.91 Å². The van der Waals surface area contributed by atoms with Crippen molar-refractivity contribution in [2.75, 3.05) is 13.2 Å². The molecule has 0 aromatic heterocycles. The number of carbonyl (C=O) groups is 2. The lowest BCUT2D eigenvalue weighted by molar-refractivity contribution is -0.253. The molecule has 180 valence electrons. The smallest absolute Gasteiger partial charge is 0.407 e. The minimum Gasteiger partial charge on any atom is -0.445 e. The van der Waals surface area contributed by atoms with E-state index >= 15 is 0 Å². The third-order valence-corrected chi connectivity index (χ3v) is 5.25. The molecule has 1 fully saturated rings. The number of ether oxygens (including phenoxy) is 2. The van der Waals surface area contributed by atoms with Crippen LogP contribution in [0.5, 0.6) is 0 Å². The van der Waals surface area contributed by atoms with Crippen molar-refractivity contribution in [3.63, 3.8) is 0 Å². The second-order valence-corrected chi connectivity index (χ2v) is 8.46. The Morgan fingerprint density at radius 3 is 2.44 bits per heavy atom. The third-order valence-electron chi connectivity index (χ3n) is 5.25. The number of rotatable bonds is 10. The first-order valence-electron chi connectivity index (χ1n) is 10.8. The first-order chi connectivity index (χ1) is 15.2. The Morgan fingerprint density at radius 1 is 1.12 bits per heavy atom. The summed E-state index contributed by atoms with van der Waals surface area (Å²) in [4.78, 5) is 24.6. The van der Waals surface area contributed by atoms with Gasteiger partial charge in [-0.15, -0.1) is 0 Å². The summed E-state index contributed by atoms with van der Waals surface area (Å²) >= 11 is 0. The zero-order valence-electron chi connectivity index (χ0n) is 18.4. The minimum absolute atomic E-state index is 0.0204. The fourth-order valence-electron chi connectivity index (χ4n) is 3.67. The van der Waals surface area contributed by atoms with Crippen LogP contribution in [0.4, 0.5) is 4.79 Å². The average Bonchev–Trinajstić information content (AvgIpc) is 2.76. The van der Waals surface area contributed by atoms with Crippen LogP contribution in [-0.4, -0.2) is 76.2 Å². The Labute approximate surface area is 187 Å². The van der Waals surface area contributed by atoms with E-state index in [1.165, 1.54) is 0 Å². The van der Waals surface area contributed by atoms with E-state index in [9.17, 15) is 24.9 Å². The summed E-state index contributed by atoms with van der Waals surface area (Å²) in [6, 6.07) is 8.01. The number of amides is 2. The highest BCUT2D eigenvalue weighted by molar-refractivity contribution is 5.76. The molecule has 0 spiro atoms. The van der Waals surface area contributed by atoms with Gasteiger partial charge in [0.05, 0.1) is 6.61 Å². The van der Waals surface area contributed by atoms with Crippen LogP contribution < -0.4 is 10.6 Å². The second-order valence-electron chi connectivity index (χ2n) is 8.46. The Balaban J connectivity index is 1.85. The standard InChI is InChI=1S/C22H34N2O8/c1-13(2)8-15(10-23-22(30)31-12-14-6-4-3-5-7-14)9-17(26)24-18-20(28)19(27)16(11-25)32-21(18)29/h3-7,13,15-16,18-21,25,27-29H,8-12H2,1-2H3,(H,23,30)(H,24,26)/t15-,16+,18+,19+,20+,21-/m0/s1. The van der Waals surface area contributed by atoms with Gasteiger partial charge in [0.15, 0.2) is 6.29 Å². The molecule has 1 aromatic carbocycles. The molecule has 6 N–H and O–H groups in total. The summed E-state index contributed by atoms with van der Waals surface area (Å²) < 4.78 is 10.2. The maximum Gasteiger partial charge on any atom is 0.407 e. The van der Waals surface area contributed by atoms with Crippen molar-refractivity contribution in [1.29, 1.82) is 0 Å². The van der Waals surface area contributed by atoms with Gasteiger partial charge in [0.25, 0.3) is 0 Å². The molecule has 32 heavy (non-hydrogen) atoms. The molecular formula is C22H34N2O8. The van der Waals surface area contributed by atoms with Crippen molar-refractivity contribution in [1.82, 2.24) is 10.6 Å². The number of alkyl carbamates (subject to hydrolysis) is 1. The van der Waals surface area contributed by atoms with E-state index in [1.807, 2.05) is 44.2 Å². The van der Waals surface area contributed by atoms with Crippen LogP contribution in [0.3, 0.4) is 0 Å². The van der Waals surface area contributed by atoms with Gasteiger partial charge in [-0.1, -0.05) is 44.2 Å². The van der Waals surface area contributed by atoms with Crippen molar-refractivity contribution < 1.29 is 39.5 Å². The monoisotopic (exact) mass is 454 g/mol. The number of aliphatic hydroxyl groups is 4. The van der Waals surface area contributed by atoms with Crippen molar-refractivity contribution >= 4 is 12.0 Å².